The summed E-state index contributed by atoms with van der Waals surface area (Å²) in [5.41, 5.74) is 2.56. The molecule has 1 aliphatic rings. The van der Waals surface area contributed by atoms with E-state index in [-0.39, 0.29) is 10.8 Å². The average molecular weight is 388 g/mol. The molecule has 1 heterocycles. The molecule has 1 amide bonds. The third-order valence-electron chi connectivity index (χ3n) is 4.58. The van der Waals surface area contributed by atoms with Gasteiger partial charge < -0.3 is 10.1 Å². The van der Waals surface area contributed by atoms with Crippen LogP contribution in [-0.4, -0.2) is 51.8 Å². The minimum absolute atomic E-state index is 0.142. The topological polar surface area (TPSA) is 75.7 Å². The molecule has 0 saturated carbocycles. The molecule has 27 heavy (non-hydrogen) atoms. The lowest BCUT2D eigenvalue weighted by molar-refractivity contribution is 0.0340. The third kappa shape index (κ3) is 5.38. The molecule has 0 spiro atoms. The van der Waals surface area contributed by atoms with Gasteiger partial charge in [-0.2, -0.15) is 0 Å². The monoisotopic (exact) mass is 388 g/mol. The van der Waals surface area contributed by atoms with E-state index in [9.17, 15) is 13.2 Å². The fourth-order valence-corrected chi connectivity index (χ4v) is 3.70. The Kier molecular flexibility index (Phi) is 6.26. The lowest BCUT2D eigenvalue weighted by atomic mass is 10.1. The van der Waals surface area contributed by atoms with Crippen molar-refractivity contribution in [3.63, 3.8) is 0 Å². The minimum Gasteiger partial charge on any atom is -0.379 e. The number of benzene rings is 2. The van der Waals surface area contributed by atoms with E-state index in [0.717, 1.165) is 44.7 Å². The van der Waals surface area contributed by atoms with E-state index < -0.39 is 9.84 Å². The van der Waals surface area contributed by atoms with Gasteiger partial charge >= 0.3 is 0 Å². The van der Waals surface area contributed by atoms with Gasteiger partial charge in [-0.3, -0.25) is 9.69 Å². The molecule has 2 aromatic rings. The van der Waals surface area contributed by atoms with Gasteiger partial charge in [0.2, 0.25) is 0 Å². The molecule has 144 valence electrons. The van der Waals surface area contributed by atoms with Crippen LogP contribution in [0.1, 0.15) is 21.5 Å². The molecule has 1 N–H and O–H groups in total. The number of sulfone groups is 1. The lowest BCUT2D eigenvalue weighted by Crippen LogP contribution is -2.36. The van der Waals surface area contributed by atoms with Crippen LogP contribution in [0.25, 0.3) is 0 Å². The maximum Gasteiger partial charge on any atom is 0.251 e. The number of carbonyl (C=O) groups excluding carboxylic acids is 1. The number of carbonyl (C=O) groups is 1. The molecule has 0 bridgehead atoms. The number of nitrogens with one attached hydrogen (secondary N) is 1. The van der Waals surface area contributed by atoms with Crippen molar-refractivity contribution < 1.29 is 17.9 Å². The Hall–Kier alpha value is -2.22. The van der Waals surface area contributed by atoms with Crippen molar-refractivity contribution in [1.29, 1.82) is 0 Å². The zero-order valence-electron chi connectivity index (χ0n) is 15.3. The van der Waals surface area contributed by atoms with Crippen LogP contribution in [0.2, 0.25) is 0 Å². The van der Waals surface area contributed by atoms with Gasteiger partial charge in [0.1, 0.15) is 0 Å². The zero-order valence-corrected chi connectivity index (χ0v) is 16.2. The van der Waals surface area contributed by atoms with Gasteiger partial charge in [0.25, 0.3) is 5.91 Å². The highest BCUT2D eigenvalue weighted by Crippen LogP contribution is 2.14. The Balaban J connectivity index is 1.67. The summed E-state index contributed by atoms with van der Waals surface area (Å²) in [5.74, 6) is -0.290. The van der Waals surface area contributed by atoms with Gasteiger partial charge in [-0.15, -0.1) is 0 Å². The molecular formula is C20H24N2O4S. The minimum atomic E-state index is -3.34. The molecule has 1 fully saturated rings. The van der Waals surface area contributed by atoms with Gasteiger partial charge in [0.15, 0.2) is 9.84 Å². The molecule has 0 aliphatic carbocycles. The Morgan fingerprint density at radius 2 is 1.78 bits per heavy atom. The van der Waals surface area contributed by atoms with Gasteiger partial charge in [-0.05, 0) is 29.3 Å². The van der Waals surface area contributed by atoms with Crippen LogP contribution in [0, 0.1) is 0 Å². The van der Waals surface area contributed by atoms with E-state index in [1.54, 1.807) is 12.1 Å². The van der Waals surface area contributed by atoms with Crippen molar-refractivity contribution in [2.75, 3.05) is 32.6 Å². The van der Waals surface area contributed by atoms with Crippen LogP contribution in [-0.2, 0) is 27.7 Å². The van der Waals surface area contributed by atoms with E-state index >= 15 is 0 Å². The maximum absolute atomic E-state index is 12.5. The second-order valence-corrected chi connectivity index (χ2v) is 8.66. The molecule has 1 aliphatic heterocycles. The van der Waals surface area contributed by atoms with Crippen LogP contribution < -0.4 is 5.32 Å². The van der Waals surface area contributed by atoms with Gasteiger partial charge in [0.05, 0.1) is 18.1 Å². The Morgan fingerprint density at radius 3 is 2.48 bits per heavy atom. The normalized spacial score (nSPS) is 15.4. The van der Waals surface area contributed by atoms with Crippen LogP contribution in [0.15, 0.2) is 53.4 Å². The summed E-state index contributed by atoms with van der Waals surface area (Å²) in [4.78, 5) is 14.9. The lowest BCUT2D eigenvalue weighted by Gasteiger charge is -2.27. The molecular weight excluding hydrogens is 364 g/mol. The Labute approximate surface area is 160 Å². The van der Waals surface area contributed by atoms with Crippen molar-refractivity contribution in [1.82, 2.24) is 10.2 Å². The first-order chi connectivity index (χ1) is 12.9. The SMILES string of the molecule is CS(=O)(=O)c1cccc(C(=O)NCc2ccccc2CN2CCOCC2)c1. The van der Waals surface area contributed by atoms with Crippen LogP contribution >= 0.6 is 0 Å². The molecule has 3 rings (SSSR count). The third-order valence-corrected chi connectivity index (χ3v) is 5.69. The highest BCUT2D eigenvalue weighted by atomic mass is 32.2. The summed E-state index contributed by atoms with van der Waals surface area (Å²) < 4.78 is 28.7. The first-order valence-corrected chi connectivity index (χ1v) is 10.8. The van der Waals surface area contributed by atoms with E-state index in [0.29, 0.717) is 12.1 Å². The average Bonchev–Trinajstić information content (AvgIpc) is 2.67. The van der Waals surface area contributed by atoms with E-state index in [1.165, 1.54) is 17.7 Å². The summed E-state index contributed by atoms with van der Waals surface area (Å²) in [6.07, 6.45) is 1.13. The van der Waals surface area contributed by atoms with Crippen molar-refractivity contribution in [2.45, 2.75) is 18.0 Å². The summed E-state index contributed by atoms with van der Waals surface area (Å²) in [7, 11) is -3.34. The second kappa shape index (κ2) is 8.65. The van der Waals surface area contributed by atoms with E-state index in [1.807, 2.05) is 18.2 Å². The maximum atomic E-state index is 12.5. The molecule has 7 heteroatoms. The highest BCUT2D eigenvalue weighted by Gasteiger charge is 2.14. The quantitative estimate of drug-likeness (QED) is 0.817. The largest absolute Gasteiger partial charge is 0.379 e. The number of hydrogen-bond acceptors (Lipinski definition) is 5. The van der Waals surface area contributed by atoms with Crippen molar-refractivity contribution in [3.05, 3.63) is 65.2 Å². The number of ether oxygens (including phenoxy) is 1. The first kappa shape index (κ1) is 19.5. The van der Waals surface area contributed by atoms with E-state index in [2.05, 4.69) is 16.3 Å². The highest BCUT2D eigenvalue weighted by molar-refractivity contribution is 7.90. The fourth-order valence-electron chi connectivity index (χ4n) is 3.03. The zero-order chi connectivity index (χ0) is 19.3. The molecule has 6 nitrogen and oxygen atoms in total. The number of nitrogens with zero attached hydrogens (tertiary/aromatic N) is 1. The Bertz CT molecular complexity index is 906. The van der Waals surface area contributed by atoms with Gasteiger partial charge in [-0.1, -0.05) is 30.3 Å². The summed E-state index contributed by atoms with van der Waals surface area (Å²) in [5, 5.41) is 2.89. The first-order valence-electron chi connectivity index (χ1n) is 8.89. The second-order valence-electron chi connectivity index (χ2n) is 6.64. The molecule has 0 radical (unpaired) electrons. The van der Waals surface area contributed by atoms with E-state index in [4.69, 9.17) is 4.74 Å². The molecule has 0 unspecified atom stereocenters. The van der Waals surface area contributed by atoms with Crippen LogP contribution in [0.3, 0.4) is 0 Å². The van der Waals surface area contributed by atoms with Crippen molar-refractivity contribution >= 4 is 15.7 Å². The predicted molar refractivity (Wildman–Crippen MR) is 103 cm³/mol. The Morgan fingerprint density at radius 1 is 1.07 bits per heavy atom. The summed E-state index contributed by atoms with van der Waals surface area (Å²) >= 11 is 0. The van der Waals surface area contributed by atoms with Crippen LogP contribution in [0.4, 0.5) is 0 Å². The fraction of sp³-hybridized carbons (Fsp3) is 0.350. The predicted octanol–water partition coefficient (Wildman–Crippen LogP) is 1.85. The number of rotatable bonds is 6. The standard InChI is InChI=1S/C20H24N2O4S/c1-27(24,25)19-8-4-7-16(13-19)20(23)21-14-17-5-2-3-6-18(17)15-22-9-11-26-12-10-22/h2-8,13H,9-12,14-15H2,1H3,(H,21,23). The van der Waals surface area contributed by atoms with Gasteiger partial charge in [0, 0.05) is 38.0 Å². The van der Waals surface area contributed by atoms with Crippen molar-refractivity contribution in [2.24, 2.45) is 0 Å². The summed E-state index contributed by atoms with van der Waals surface area (Å²) in [6, 6.07) is 14.1. The number of morpholine rings is 1. The van der Waals surface area contributed by atoms with Crippen LogP contribution in [0.5, 0.6) is 0 Å². The smallest absolute Gasteiger partial charge is 0.251 e. The number of hydrogen-bond donors (Lipinski definition) is 1. The number of amides is 1. The molecule has 0 atom stereocenters. The molecule has 0 aromatic heterocycles. The van der Waals surface area contributed by atoms with Gasteiger partial charge in [-0.25, -0.2) is 8.42 Å². The molecule has 2 aromatic carbocycles. The molecule has 1 saturated heterocycles. The van der Waals surface area contributed by atoms with Crippen molar-refractivity contribution in [3.8, 4) is 0 Å². The summed E-state index contributed by atoms with van der Waals surface area (Å²) in [6.45, 7) is 4.50.